The number of hydrogen-bond donors (Lipinski definition) is 2. The zero-order valence-corrected chi connectivity index (χ0v) is 9.29. The summed E-state index contributed by atoms with van der Waals surface area (Å²) in [6.45, 7) is 0.861. The van der Waals surface area contributed by atoms with Gasteiger partial charge in [0.05, 0.1) is 6.20 Å². The molecule has 0 radical (unpaired) electrons. The molecule has 2 heterocycles. The summed E-state index contributed by atoms with van der Waals surface area (Å²) in [5.41, 5.74) is 6.49. The average molecular weight is 223 g/mol. The standard InChI is InChI=1S/C9H13N5S/c1-15-5-3-11-8-9-12-2-4-14(9)6-7(10)13-8/h2,4,6H,3,5,10H2,1H3,(H,11,13). The third-order valence-electron chi connectivity index (χ3n) is 1.99. The van der Waals surface area contributed by atoms with Gasteiger partial charge in [-0.15, -0.1) is 0 Å². The summed E-state index contributed by atoms with van der Waals surface area (Å²) in [6.07, 6.45) is 7.41. The van der Waals surface area contributed by atoms with Crippen LogP contribution in [0.2, 0.25) is 0 Å². The van der Waals surface area contributed by atoms with Crippen molar-refractivity contribution in [3.63, 3.8) is 0 Å². The molecule has 5 nitrogen and oxygen atoms in total. The summed E-state index contributed by atoms with van der Waals surface area (Å²) < 4.78 is 1.86. The molecule has 0 aromatic carbocycles. The molecular formula is C9H13N5S. The predicted molar refractivity (Wildman–Crippen MR) is 64.3 cm³/mol. The topological polar surface area (TPSA) is 68.2 Å². The van der Waals surface area contributed by atoms with Crippen LogP contribution in [0.25, 0.3) is 5.65 Å². The summed E-state index contributed by atoms with van der Waals surface area (Å²) in [5.74, 6) is 2.27. The number of nitrogens with zero attached hydrogens (tertiary/aromatic N) is 3. The first-order valence-corrected chi connectivity index (χ1v) is 6.02. The van der Waals surface area contributed by atoms with Crippen molar-refractivity contribution in [3.8, 4) is 0 Å². The SMILES string of the molecule is CSCCNc1nc(N)cn2ccnc12. The van der Waals surface area contributed by atoms with Gasteiger partial charge in [0.15, 0.2) is 11.5 Å². The van der Waals surface area contributed by atoms with E-state index in [1.807, 2.05) is 10.6 Å². The zero-order chi connectivity index (χ0) is 10.7. The highest BCUT2D eigenvalue weighted by Gasteiger charge is 2.04. The van der Waals surface area contributed by atoms with Gasteiger partial charge in [0, 0.05) is 24.7 Å². The Morgan fingerprint density at radius 1 is 1.60 bits per heavy atom. The van der Waals surface area contributed by atoms with E-state index >= 15 is 0 Å². The van der Waals surface area contributed by atoms with Crippen molar-refractivity contribution >= 4 is 29.0 Å². The summed E-state index contributed by atoms with van der Waals surface area (Å²) >= 11 is 1.78. The lowest BCUT2D eigenvalue weighted by Gasteiger charge is -2.06. The molecule has 80 valence electrons. The Hall–Kier alpha value is -1.43. The van der Waals surface area contributed by atoms with E-state index in [2.05, 4.69) is 21.5 Å². The smallest absolute Gasteiger partial charge is 0.180 e. The van der Waals surface area contributed by atoms with Crippen LogP contribution in [0.3, 0.4) is 0 Å². The Bertz CT molecular complexity index is 453. The molecule has 0 unspecified atom stereocenters. The van der Waals surface area contributed by atoms with E-state index in [0.29, 0.717) is 5.82 Å². The minimum absolute atomic E-state index is 0.493. The van der Waals surface area contributed by atoms with Crippen LogP contribution in [-0.2, 0) is 0 Å². The Morgan fingerprint density at radius 2 is 2.47 bits per heavy atom. The van der Waals surface area contributed by atoms with Crippen molar-refractivity contribution in [1.82, 2.24) is 14.4 Å². The number of fused-ring (bicyclic) bond motifs is 1. The maximum Gasteiger partial charge on any atom is 0.180 e. The van der Waals surface area contributed by atoms with Crippen LogP contribution < -0.4 is 11.1 Å². The molecule has 15 heavy (non-hydrogen) atoms. The molecule has 0 aliphatic carbocycles. The lowest BCUT2D eigenvalue weighted by Crippen LogP contribution is -2.08. The lowest BCUT2D eigenvalue weighted by molar-refractivity contribution is 1.10. The summed E-state index contributed by atoms with van der Waals surface area (Å²) in [7, 11) is 0. The number of rotatable bonds is 4. The Balaban J connectivity index is 2.27. The largest absolute Gasteiger partial charge is 0.382 e. The fourth-order valence-electron chi connectivity index (χ4n) is 1.34. The molecule has 2 aromatic rings. The molecule has 0 atom stereocenters. The molecular weight excluding hydrogens is 210 g/mol. The van der Waals surface area contributed by atoms with Crippen molar-refractivity contribution in [2.45, 2.75) is 0 Å². The van der Waals surface area contributed by atoms with E-state index in [0.717, 1.165) is 23.8 Å². The van der Waals surface area contributed by atoms with E-state index in [4.69, 9.17) is 5.73 Å². The van der Waals surface area contributed by atoms with Crippen LogP contribution in [0, 0.1) is 0 Å². The number of anilines is 2. The van der Waals surface area contributed by atoms with Gasteiger partial charge in [-0.1, -0.05) is 0 Å². The van der Waals surface area contributed by atoms with E-state index in [1.165, 1.54) is 0 Å². The molecule has 0 amide bonds. The zero-order valence-electron chi connectivity index (χ0n) is 8.47. The van der Waals surface area contributed by atoms with Crippen molar-refractivity contribution in [1.29, 1.82) is 0 Å². The number of nitrogens with two attached hydrogens (primary N) is 1. The first-order chi connectivity index (χ1) is 7.31. The van der Waals surface area contributed by atoms with Crippen LogP contribution in [0.15, 0.2) is 18.6 Å². The second kappa shape index (κ2) is 4.39. The van der Waals surface area contributed by atoms with Gasteiger partial charge in [-0.2, -0.15) is 11.8 Å². The van der Waals surface area contributed by atoms with Gasteiger partial charge in [-0.25, -0.2) is 9.97 Å². The van der Waals surface area contributed by atoms with Crippen LogP contribution in [0.1, 0.15) is 0 Å². The van der Waals surface area contributed by atoms with Gasteiger partial charge in [0.25, 0.3) is 0 Å². The van der Waals surface area contributed by atoms with Crippen LogP contribution in [0.5, 0.6) is 0 Å². The number of imidazole rings is 1. The van der Waals surface area contributed by atoms with E-state index < -0.39 is 0 Å². The van der Waals surface area contributed by atoms with Crippen molar-refractivity contribution in [2.75, 3.05) is 29.6 Å². The number of hydrogen-bond acceptors (Lipinski definition) is 5. The number of nitrogens with one attached hydrogen (secondary N) is 1. The maximum absolute atomic E-state index is 5.68. The molecule has 0 spiro atoms. The maximum atomic E-state index is 5.68. The molecule has 0 bridgehead atoms. The van der Waals surface area contributed by atoms with Crippen LogP contribution >= 0.6 is 11.8 Å². The third kappa shape index (κ3) is 2.15. The van der Waals surface area contributed by atoms with Crippen LogP contribution in [-0.4, -0.2) is 32.9 Å². The van der Waals surface area contributed by atoms with Gasteiger partial charge in [0.1, 0.15) is 5.82 Å². The summed E-state index contributed by atoms with van der Waals surface area (Å²) in [5, 5.41) is 3.22. The minimum atomic E-state index is 0.493. The van der Waals surface area contributed by atoms with E-state index in [-0.39, 0.29) is 0 Å². The number of aromatic nitrogens is 3. The first-order valence-electron chi connectivity index (χ1n) is 4.63. The molecule has 0 fully saturated rings. The van der Waals surface area contributed by atoms with Gasteiger partial charge in [-0.3, -0.25) is 0 Å². The molecule has 2 rings (SSSR count). The Morgan fingerprint density at radius 3 is 3.27 bits per heavy atom. The van der Waals surface area contributed by atoms with E-state index in [1.54, 1.807) is 24.2 Å². The highest BCUT2D eigenvalue weighted by Crippen LogP contribution is 2.14. The van der Waals surface area contributed by atoms with Crippen molar-refractivity contribution in [3.05, 3.63) is 18.6 Å². The lowest BCUT2D eigenvalue weighted by atomic mass is 10.5. The quantitative estimate of drug-likeness (QED) is 0.759. The number of nitrogen functional groups attached to an aromatic ring is 1. The van der Waals surface area contributed by atoms with Gasteiger partial charge in [0.2, 0.25) is 0 Å². The van der Waals surface area contributed by atoms with Gasteiger partial charge >= 0.3 is 0 Å². The van der Waals surface area contributed by atoms with Gasteiger partial charge < -0.3 is 15.5 Å². The molecule has 6 heteroatoms. The van der Waals surface area contributed by atoms with Crippen molar-refractivity contribution < 1.29 is 0 Å². The molecule has 2 aromatic heterocycles. The second-order valence-corrected chi connectivity index (χ2v) is 4.08. The van der Waals surface area contributed by atoms with Gasteiger partial charge in [-0.05, 0) is 6.26 Å². The molecule has 3 N–H and O–H groups in total. The fraction of sp³-hybridized carbons (Fsp3) is 0.333. The summed E-state index contributed by atoms with van der Waals surface area (Å²) in [4.78, 5) is 8.43. The Labute approximate surface area is 92.1 Å². The molecule has 0 saturated heterocycles. The predicted octanol–water partition coefficient (Wildman–Crippen LogP) is 1.09. The summed E-state index contributed by atoms with van der Waals surface area (Å²) in [6, 6.07) is 0. The molecule has 0 aliphatic heterocycles. The van der Waals surface area contributed by atoms with Crippen molar-refractivity contribution in [2.24, 2.45) is 0 Å². The number of thioether (sulfide) groups is 1. The second-order valence-electron chi connectivity index (χ2n) is 3.09. The molecule has 0 aliphatic rings. The highest BCUT2D eigenvalue weighted by atomic mass is 32.2. The molecule has 0 saturated carbocycles. The minimum Gasteiger partial charge on any atom is -0.382 e. The normalized spacial score (nSPS) is 10.7. The monoisotopic (exact) mass is 223 g/mol. The Kier molecular flexibility index (Phi) is 2.96. The van der Waals surface area contributed by atoms with E-state index in [9.17, 15) is 0 Å². The third-order valence-corrected chi connectivity index (χ3v) is 2.60. The highest BCUT2D eigenvalue weighted by molar-refractivity contribution is 7.98. The average Bonchev–Trinajstić information content (AvgIpc) is 2.65. The van der Waals surface area contributed by atoms with Crippen LogP contribution in [0.4, 0.5) is 11.6 Å². The first kappa shape index (κ1) is 10.1. The fourth-order valence-corrected chi connectivity index (χ4v) is 1.65.